The Morgan fingerprint density at radius 1 is 0.895 bits per heavy atom. The second kappa shape index (κ2) is 8.61. The molecule has 38 heavy (non-hydrogen) atoms. The van der Waals surface area contributed by atoms with Crippen molar-refractivity contribution in [1.29, 1.82) is 0 Å². The number of anilines is 2. The van der Waals surface area contributed by atoms with Crippen molar-refractivity contribution in [2.24, 2.45) is 5.92 Å². The van der Waals surface area contributed by atoms with Gasteiger partial charge in [-0.25, -0.2) is 0 Å². The van der Waals surface area contributed by atoms with Crippen LogP contribution in [0.4, 0.5) is 11.4 Å². The lowest BCUT2D eigenvalue weighted by Gasteiger charge is -2.37. The third-order valence-electron chi connectivity index (χ3n) is 7.99. The molecule has 0 aliphatic carbocycles. The summed E-state index contributed by atoms with van der Waals surface area (Å²) in [6.07, 6.45) is 4.00. The van der Waals surface area contributed by atoms with Crippen molar-refractivity contribution in [3.8, 4) is 0 Å². The van der Waals surface area contributed by atoms with E-state index in [0.29, 0.717) is 16.1 Å². The molecule has 1 saturated heterocycles. The van der Waals surface area contributed by atoms with Crippen molar-refractivity contribution < 1.29 is 14.4 Å². The highest BCUT2D eigenvalue weighted by Crippen LogP contribution is 2.58. The van der Waals surface area contributed by atoms with Gasteiger partial charge in [0.15, 0.2) is 11.6 Å². The van der Waals surface area contributed by atoms with Crippen LogP contribution in [0.3, 0.4) is 0 Å². The van der Waals surface area contributed by atoms with Gasteiger partial charge in [0, 0.05) is 21.4 Å². The molecule has 4 heterocycles. The number of nitrogens with one attached hydrogen (secondary N) is 1. The topological polar surface area (TPSA) is 66.5 Å². The van der Waals surface area contributed by atoms with Gasteiger partial charge in [0.2, 0.25) is 5.91 Å². The molecule has 3 aliphatic rings. The van der Waals surface area contributed by atoms with Gasteiger partial charge in [0.25, 0.3) is 0 Å². The number of hydrogen-bond donors (Lipinski definition) is 1. The number of carbonyl (C=O) groups is 3. The maximum absolute atomic E-state index is 14.5. The molecule has 1 fully saturated rings. The van der Waals surface area contributed by atoms with Gasteiger partial charge in [-0.2, -0.15) is 0 Å². The molecular formula is C31H21BrN2O3S. The number of rotatable bonds is 4. The average molecular weight is 581 g/mol. The van der Waals surface area contributed by atoms with Crippen molar-refractivity contribution in [2.45, 2.75) is 17.5 Å². The maximum Gasteiger partial charge on any atom is 0.238 e. The molecule has 1 spiro atoms. The Bertz CT molecular complexity index is 1650. The van der Waals surface area contributed by atoms with Crippen LogP contribution >= 0.6 is 27.3 Å². The van der Waals surface area contributed by atoms with Crippen molar-refractivity contribution in [2.75, 3.05) is 10.2 Å². The lowest BCUT2D eigenvalue weighted by atomic mass is 9.64. The Hall–Kier alpha value is -3.81. The first kappa shape index (κ1) is 23.3. The number of Topliss-reactive ketones (excluding diaryl/α,β-unsaturated/α-hetero) is 2. The molecule has 186 valence electrons. The van der Waals surface area contributed by atoms with Crippen LogP contribution in [0.2, 0.25) is 0 Å². The molecule has 0 radical (unpaired) electrons. The predicted molar refractivity (Wildman–Crippen MR) is 153 cm³/mol. The Labute approximate surface area is 231 Å². The summed E-state index contributed by atoms with van der Waals surface area (Å²) in [7, 11) is 0. The van der Waals surface area contributed by atoms with E-state index in [1.807, 2.05) is 89.2 Å². The fourth-order valence-electron chi connectivity index (χ4n) is 6.48. The third kappa shape index (κ3) is 3.12. The molecule has 5 nitrogen and oxygen atoms in total. The highest BCUT2D eigenvalue weighted by atomic mass is 79.9. The molecule has 0 bridgehead atoms. The van der Waals surface area contributed by atoms with E-state index in [1.54, 1.807) is 18.2 Å². The summed E-state index contributed by atoms with van der Waals surface area (Å²) in [5, 5.41) is 4.91. The number of fused-ring (bicyclic) bond motifs is 6. The zero-order chi connectivity index (χ0) is 26.0. The lowest BCUT2D eigenvalue weighted by Crippen LogP contribution is -2.51. The summed E-state index contributed by atoms with van der Waals surface area (Å²) in [5.74, 6) is -1.57. The van der Waals surface area contributed by atoms with Gasteiger partial charge in [-0.05, 0) is 46.8 Å². The first-order chi connectivity index (χ1) is 18.5. The molecule has 1 aromatic heterocycles. The molecule has 4 atom stereocenters. The quantitative estimate of drug-likeness (QED) is 0.285. The van der Waals surface area contributed by atoms with Crippen LogP contribution in [-0.4, -0.2) is 29.6 Å². The molecule has 7 rings (SSSR count). The zero-order valence-corrected chi connectivity index (χ0v) is 22.4. The Morgan fingerprint density at radius 3 is 2.45 bits per heavy atom. The molecule has 1 amide bonds. The van der Waals surface area contributed by atoms with E-state index in [0.717, 1.165) is 21.3 Å². The Morgan fingerprint density at radius 2 is 1.66 bits per heavy atom. The van der Waals surface area contributed by atoms with E-state index < -0.39 is 23.4 Å². The van der Waals surface area contributed by atoms with Crippen molar-refractivity contribution in [3.05, 3.63) is 122 Å². The van der Waals surface area contributed by atoms with Crippen LogP contribution in [0, 0.1) is 5.92 Å². The monoisotopic (exact) mass is 580 g/mol. The summed E-state index contributed by atoms with van der Waals surface area (Å²) < 4.78 is 0.858. The molecule has 1 N–H and O–H groups in total. The second-order valence-electron chi connectivity index (χ2n) is 9.77. The zero-order valence-electron chi connectivity index (χ0n) is 20.0. The van der Waals surface area contributed by atoms with Gasteiger partial charge in [0.05, 0.1) is 16.8 Å². The predicted octanol–water partition coefficient (Wildman–Crippen LogP) is 6.37. The Balaban J connectivity index is 1.54. The molecule has 3 aromatic carbocycles. The minimum atomic E-state index is -1.28. The molecule has 7 heteroatoms. The van der Waals surface area contributed by atoms with E-state index in [1.165, 1.54) is 11.3 Å². The van der Waals surface area contributed by atoms with Gasteiger partial charge >= 0.3 is 0 Å². The molecular weight excluding hydrogens is 560 g/mol. The normalized spacial score (nSPS) is 24.6. The SMILES string of the molecule is O=C(c1cccs1)[C@@H]1[C@H](C(=O)c2ccc(Br)cc2)N2c3ccccc3C=CC2[C@@]12C(=O)Nc1ccccc12. The number of amides is 1. The molecule has 1 unspecified atom stereocenters. The largest absolute Gasteiger partial charge is 0.352 e. The van der Waals surface area contributed by atoms with Crippen LogP contribution in [0.25, 0.3) is 6.08 Å². The van der Waals surface area contributed by atoms with Crippen LogP contribution in [0.5, 0.6) is 0 Å². The number of ketones is 2. The molecule has 0 saturated carbocycles. The molecule has 3 aliphatic heterocycles. The smallest absolute Gasteiger partial charge is 0.238 e. The van der Waals surface area contributed by atoms with Crippen LogP contribution < -0.4 is 10.2 Å². The minimum absolute atomic E-state index is 0.184. The third-order valence-corrected chi connectivity index (χ3v) is 9.40. The number of hydrogen-bond acceptors (Lipinski definition) is 5. The fraction of sp³-hybridized carbons (Fsp3) is 0.129. The molecule has 4 aromatic rings. The van der Waals surface area contributed by atoms with Crippen LogP contribution in [0.15, 0.2) is 101 Å². The van der Waals surface area contributed by atoms with Crippen molar-refractivity contribution in [3.63, 3.8) is 0 Å². The van der Waals surface area contributed by atoms with Gasteiger partial charge in [-0.3, -0.25) is 14.4 Å². The van der Waals surface area contributed by atoms with Crippen molar-refractivity contribution >= 4 is 62.2 Å². The number of carbonyl (C=O) groups excluding carboxylic acids is 3. The number of nitrogens with zero attached hydrogens (tertiary/aromatic N) is 1. The van der Waals surface area contributed by atoms with Gasteiger partial charge in [0.1, 0.15) is 11.5 Å². The standard InChI is InChI=1S/C31H21BrN2O3S/c32-20-14-11-19(12-15-20)28(35)27-26(29(36)24-10-5-17-38-24)31(21-7-2-3-8-22(21)33-30(31)37)25-16-13-18-6-1-4-9-23(18)34(25)27/h1-17,25-27H,(H,33,37)/t25?,26-,27+,31+/m0/s1. The average Bonchev–Trinajstić information content (AvgIpc) is 3.65. The number of halogens is 1. The van der Waals surface area contributed by atoms with Gasteiger partial charge in [-0.15, -0.1) is 11.3 Å². The maximum atomic E-state index is 14.5. The summed E-state index contributed by atoms with van der Waals surface area (Å²) >= 11 is 4.79. The highest BCUT2D eigenvalue weighted by molar-refractivity contribution is 9.10. The van der Waals surface area contributed by atoms with E-state index in [4.69, 9.17) is 0 Å². The van der Waals surface area contributed by atoms with Crippen molar-refractivity contribution in [1.82, 2.24) is 0 Å². The number of para-hydroxylation sites is 2. The van der Waals surface area contributed by atoms with Crippen LogP contribution in [0.1, 0.15) is 31.2 Å². The number of thiophene rings is 1. The number of benzene rings is 3. The van der Waals surface area contributed by atoms with E-state index >= 15 is 0 Å². The summed E-state index contributed by atoms with van der Waals surface area (Å²) in [6, 6.07) is 24.8. The summed E-state index contributed by atoms with van der Waals surface area (Å²) in [5.41, 5.74) is 2.45. The van der Waals surface area contributed by atoms with E-state index in [-0.39, 0.29) is 17.5 Å². The highest BCUT2D eigenvalue weighted by Gasteiger charge is 2.70. The van der Waals surface area contributed by atoms with E-state index in [9.17, 15) is 14.4 Å². The summed E-state index contributed by atoms with van der Waals surface area (Å²) in [6.45, 7) is 0. The summed E-state index contributed by atoms with van der Waals surface area (Å²) in [4.78, 5) is 45.8. The fourth-order valence-corrected chi connectivity index (χ4v) is 7.45. The van der Waals surface area contributed by atoms with Crippen LogP contribution in [-0.2, 0) is 10.2 Å². The minimum Gasteiger partial charge on any atom is -0.352 e. The Kier molecular flexibility index (Phi) is 5.29. The van der Waals surface area contributed by atoms with E-state index in [2.05, 4.69) is 21.2 Å². The first-order valence-electron chi connectivity index (χ1n) is 12.4. The lowest BCUT2D eigenvalue weighted by molar-refractivity contribution is -0.121. The van der Waals surface area contributed by atoms with Gasteiger partial charge < -0.3 is 10.2 Å². The second-order valence-corrected chi connectivity index (χ2v) is 11.6. The first-order valence-corrected chi connectivity index (χ1v) is 14.0. The van der Waals surface area contributed by atoms with Gasteiger partial charge in [-0.1, -0.05) is 82.7 Å².